The molecule has 16 heavy (non-hydrogen) atoms. The molecular formula is C13H27NO2. The molecular weight excluding hydrogens is 202 g/mol. The van der Waals surface area contributed by atoms with Crippen molar-refractivity contribution in [1.29, 1.82) is 0 Å². The van der Waals surface area contributed by atoms with E-state index in [9.17, 15) is 5.11 Å². The van der Waals surface area contributed by atoms with Crippen LogP contribution in [0.4, 0.5) is 0 Å². The average molecular weight is 229 g/mol. The second kappa shape index (κ2) is 6.58. The van der Waals surface area contributed by atoms with Gasteiger partial charge in [-0.15, -0.1) is 0 Å². The molecule has 2 unspecified atom stereocenters. The molecule has 0 radical (unpaired) electrons. The summed E-state index contributed by atoms with van der Waals surface area (Å²) in [5.41, 5.74) is 5.11. The molecule has 3 heteroatoms. The van der Waals surface area contributed by atoms with Crippen molar-refractivity contribution in [2.24, 2.45) is 11.7 Å². The summed E-state index contributed by atoms with van der Waals surface area (Å²) >= 11 is 0. The Morgan fingerprint density at radius 1 is 1.25 bits per heavy atom. The monoisotopic (exact) mass is 229 g/mol. The molecule has 1 aliphatic carbocycles. The molecule has 3 nitrogen and oxygen atoms in total. The van der Waals surface area contributed by atoms with Crippen LogP contribution in [-0.4, -0.2) is 30.0 Å². The highest BCUT2D eigenvalue weighted by Crippen LogP contribution is 2.27. The van der Waals surface area contributed by atoms with Crippen LogP contribution < -0.4 is 5.73 Å². The fraction of sp³-hybridized carbons (Fsp3) is 1.00. The minimum Gasteiger partial charge on any atom is -0.388 e. The number of ether oxygens (including phenoxy) is 1. The molecule has 1 fully saturated rings. The Morgan fingerprint density at radius 2 is 1.88 bits per heavy atom. The Hall–Kier alpha value is -0.120. The van der Waals surface area contributed by atoms with E-state index >= 15 is 0 Å². The Bertz CT molecular complexity index is 192. The molecule has 0 aliphatic heterocycles. The molecule has 0 bridgehead atoms. The molecule has 0 aromatic carbocycles. The lowest BCUT2D eigenvalue weighted by Crippen LogP contribution is -2.39. The predicted molar refractivity (Wildman–Crippen MR) is 66.3 cm³/mol. The highest BCUT2D eigenvalue weighted by molar-refractivity contribution is 4.80. The van der Waals surface area contributed by atoms with Crippen LogP contribution in [0.25, 0.3) is 0 Å². The van der Waals surface area contributed by atoms with Gasteiger partial charge in [-0.2, -0.15) is 0 Å². The number of hydrogen-bond donors (Lipinski definition) is 2. The maximum Gasteiger partial charge on any atom is 0.0875 e. The maximum absolute atomic E-state index is 10.2. The molecule has 0 amide bonds. The van der Waals surface area contributed by atoms with E-state index in [1.165, 1.54) is 19.3 Å². The van der Waals surface area contributed by atoms with Crippen molar-refractivity contribution in [3.05, 3.63) is 0 Å². The van der Waals surface area contributed by atoms with Crippen LogP contribution >= 0.6 is 0 Å². The lowest BCUT2D eigenvalue weighted by molar-refractivity contribution is -0.0981. The van der Waals surface area contributed by atoms with Gasteiger partial charge in [0.1, 0.15) is 0 Å². The van der Waals surface area contributed by atoms with Crippen LogP contribution in [0.2, 0.25) is 0 Å². The van der Waals surface area contributed by atoms with Crippen molar-refractivity contribution in [1.82, 2.24) is 0 Å². The summed E-state index contributed by atoms with van der Waals surface area (Å²) in [5, 5.41) is 10.2. The fourth-order valence-corrected chi connectivity index (χ4v) is 2.38. The molecule has 0 heterocycles. The van der Waals surface area contributed by atoms with Crippen LogP contribution in [0, 0.1) is 5.92 Å². The number of hydrogen-bond acceptors (Lipinski definition) is 3. The second-order valence-electron chi connectivity index (χ2n) is 5.06. The molecule has 0 aromatic heterocycles. The summed E-state index contributed by atoms with van der Waals surface area (Å²) in [6, 6.07) is 0. The molecule has 1 aliphatic rings. The Labute approximate surface area is 99.4 Å². The largest absolute Gasteiger partial charge is 0.388 e. The van der Waals surface area contributed by atoms with Crippen LogP contribution in [0.1, 0.15) is 52.4 Å². The first-order valence-corrected chi connectivity index (χ1v) is 6.69. The quantitative estimate of drug-likeness (QED) is 0.733. The van der Waals surface area contributed by atoms with Gasteiger partial charge in [-0.25, -0.2) is 0 Å². The minimum atomic E-state index is -0.642. The van der Waals surface area contributed by atoms with E-state index in [2.05, 4.69) is 0 Å². The molecule has 0 saturated heterocycles. The highest BCUT2D eigenvalue weighted by atomic mass is 16.5. The third kappa shape index (κ3) is 3.72. The summed E-state index contributed by atoms with van der Waals surface area (Å²) in [6.45, 7) is 5.19. The first-order chi connectivity index (χ1) is 7.65. The van der Waals surface area contributed by atoms with Gasteiger partial charge >= 0.3 is 0 Å². The average Bonchev–Trinajstić information content (AvgIpc) is 2.36. The first-order valence-electron chi connectivity index (χ1n) is 6.69. The summed E-state index contributed by atoms with van der Waals surface area (Å²) in [7, 11) is 0. The van der Waals surface area contributed by atoms with Gasteiger partial charge in [0.25, 0.3) is 0 Å². The van der Waals surface area contributed by atoms with Crippen LogP contribution in [0.15, 0.2) is 0 Å². The van der Waals surface area contributed by atoms with Gasteiger partial charge in [0.2, 0.25) is 0 Å². The maximum atomic E-state index is 10.2. The van der Waals surface area contributed by atoms with E-state index < -0.39 is 5.60 Å². The normalized spacial score (nSPS) is 27.0. The molecule has 3 N–H and O–H groups in total. The third-order valence-electron chi connectivity index (χ3n) is 4.02. The SMILES string of the molecule is CCC(O)(CC)COC1CCCCC1CN. The first kappa shape index (κ1) is 13.9. The van der Waals surface area contributed by atoms with Crippen molar-refractivity contribution in [2.45, 2.75) is 64.1 Å². The minimum absolute atomic E-state index is 0.267. The molecule has 1 rings (SSSR count). The van der Waals surface area contributed by atoms with E-state index in [-0.39, 0.29) is 6.10 Å². The van der Waals surface area contributed by atoms with Gasteiger partial charge in [0, 0.05) is 0 Å². The van der Waals surface area contributed by atoms with Gasteiger partial charge in [0.15, 0.2) is 0 Å². The lowest BCUT2D eigenvalue weighted by Gasteiger charge is -2.34. The molecule has 1 saturated carbocycles. The number of nitrogens with two attached hydrogens (primary N) is 1. The lowest BCUT2D eigenvalue weighted by atomic mass is 9.86. The van der Waals surface area contributed by atoms with E-state index in [0.29, 0.717) is 19.1 Å². The Kier molecular flexibility index (Phi) is 5.73. The summed E-state index contributed by atoms with van der Waals surface area (Å²) in [4.78, 5) is 0. The Morgan fingerprint density at radius 3 is 2.44 bits per heavy atom. The fourth-order valence-electron chi connectivity index (χ4n) is 2.38. The standard InChI is InChI=1S/C13H27NO2/c1-3-13(15,4-2)10-16-12-8-6-5-7-11(12)9-14/h11-12,15H,3-10,14H2,1-2H3. The van der Waals surface area contributed by atoms with E-state index in [4.69, 9.17) is 10.5 Å². The van der Waals surface area contributed by atoms with Crippen molar-refractivity contribution < 1.29 is 9.84 Å². The zero-order valence-corrected chi connectivity index (χ0v) is 10.7. The summed E-state index contributed by atoms with van der Waals surface area (Å²) in [5.74, 6) is 0.492. The number of rotatable bonds is 6. The zero-order chi connectivity index (χ0) is 12.0. The van der Waals surface area contributed by atoms with Crippen LogP contribution in [0.3, 0.4) is 0 Å². The summed E-state index contributed by atoms with van der Waals surface area (Å²) in [6.07, 6.45) is 6.56. The second-order valence-corrected chi connectivity index (χ2v) is 5.06. The van der Waals surface area contributed by atoms with Crippen molar-refractivity contribution in [2.75, 3.05) is 13.2 Å². The van der Waals surface area contributed by atoms with E-state index in [1.54, 1.807) is 0 Å². The third-order valence-corrected chi connectivity index (χ3v) is 4.02. The van der Waals surface area contributed by atoms with Gasteiger partial charge in [-0.05, 0) is 38.1 Å². The van der Waals surface area contributed by atoms with Crippen LogP contribution in [0.5, 0.6) is 0 Å². The van der Waals surface area contributed by atoms with E-state index in [1.807, 2.05) is 13.8 Å². The van der Waals surface area contributed by atoms with Crippen molar-refractivity contribution >= 4 is 0 Å². The smallest absolute Gasteiger partial charge is 0.0875 e. The topological polar surface area (TPSA) is 55.5 Å². The Balaban J connectivity index is 2.40. The van der Waals surface area contributed by atoms with Crippen molar-refractivity contribution in [3.8, 4) is 0 Å². The zero-order valence-electron chi connectivity index (χ0n) is 10.7. The number of aliphatic hydroxyl groups is 1. The molecule has 0 aromatic rings. The molecule has 0 spiro atoms. The van der Waals surface area contributed by atoms with Gasteiger partial charge < -0.3 is 15.6 Å². The van der Waals surface area contributed by atoms with Crippen LogP contribution in [-0.2, 0) is 4.74 Å². The molecule has 96 valence electrons. The van der Waals surface area contributed by atoms with E-state index in [0.717, 1.165) is 19.3 Å². The van der Waals surface area contributed by atoms with Gasteiger partial charge in [-0.3, -0.25) is 0 Å². The van der Waals surface area contributed by atoms with Gasteiger partial charge in [0.05, 0.1) is 18.3 Å². The van der Waals surface area contributed by atoms with Crippen molar-refractivity contribution in [3.63, 3.8) is 0 Å². The van der Waals surface area contributed by atoms with Gasteiger partial charge in [-0.1, -0.05) is 26.7 Å². The predicted octanol–water partition coefficient (Wildman–Crippen LogP) is 2.07. The highest BCUT2D eigenvalue weighted by Gasteiger charge is 2.29. The summed E-state index contributed by atoms with van der Waals surface area (Å²) < 4.78 is 5.90. The molecule has 2 atom stereocenters.